The molecule has 0 bridgehead atoms. The van der Waals surface area contributed by atoms with Crippen molar-refractivity contribution in [2.45, 2.75) is 153 Å². The summed E-state index contributed by atoms with van der Waals surface area (Å²) in [7, 11) is 1.25. The number of rotatable bonds is 21. The van der Waals surface area contributed by atoms with E-state index in [1.165, 1.54) is 7.11 Å². The molecule has 4 aromatic rings. The van der Waals surface area contributed by atoms with Gasteiger partial charge in [-0.2, -0.15) is 0 Å². The van der Waals surface area contributed by atoms with E-state index in [1.54, 1.807) is 0 Å². The van der Waals surface area contributed by atoms with Crippen molar-refractivity contribution >= 4 is 5.97 Å². The second-order valence-corrected chi connectivity index (χ2v) is 17.2. The van der Waals surface area contributed by atoms with Crippen LogP contribution in [0.3, 0.4) is 0 Å². The van der Waals surface area contributed by atoms with Crippen LogP contribution < -0.4 is 0 Å². The van der Waals surface area contributed by atoms with E-state index in [4.69, 9.17) is 47.4 Å². The lowest BCUT2D eigenvalue weighted by Crippen LogP contribution is -2.67. The third kappa shape index (κ3) is 12.6. The Morgan fingerprint density at radius 1 is 0.529 bits per heavy atom. The Balaban J connectivity index is 1.29. The van der Waals surface area contributed by atoms with E-state index in [0.29, 0.717) is 12.8 Å². The summed E-state index contributed by atoms with van der Waals surface area (Å²) in [4.78, 5) is 20.6. The Labute approximate surface area is 397 Å². The molecule has 0 aliphatic carbocycles. The molecule has 3 aliphatic rings. The van der Waals surface area contributed by atoms with Crippen LogP contribution >= 0.6 is 0 Å². The topological polar surface area (TPSA) is 207 Å². The number of esters is 1. The number of hydrogen-bond acceptors (Lipinski definition) is 13. The SMILES string of the molecule is CCC1O[C@@H](C)[C@@H](N=[N+]=[N-])C(C)[C@@H]1O[C@@H]1OC(C(=O)OC)[C@@H](O[C@H]2OC(CC)[C@H](OCc3ccccc3)[C@@H](OCc3ccccc3)C2N=[N+]=[N-])[C@@H](OCc2ccccc2)C1OCc1ccccc1. The van der Waals surface area contributed by atoms with Crippen LogP contribution in [0.2, 0.25) is 0 Å². The van der Waals surface area contributed by atoms with Crippen molar-refractivity contribution in [2.75, 3.05) is 7.11 Å². The Hall–Kier alpha value is -5.39. The van der Waals surface area contributed by atoms with Crippen LogP contribution in [0.4, 0.5) is 0 Å². The standard InChI is InChI=1S/C51H62N6O11/c1-6-38-42(32(3)40(54-56-52)33(4)64-38)66-51-48(63-31-37-26-18-11-19-27-37)45(62-30-36-24-16-10-17-25-36)46(47(68-51)49(58)59-5)67-50-41(55-57-53)44(61-29-35-22-14-9-15-23-35)43(39(7-2)65-50)60-28-34-20-12-8-13-21-34/h8-27,32-33,38-48,50-51H,6-7,28-31H2,1-5H3/t32?,33-,38?,39?,40-,41?,42-,43-,44-,45+,46-,47?,48?,50+,51+/m0/s1. The van der Waals surface area contributed by atoms with Crippen LogP contribution in [-0.4, -0.2) is 98.8 Å². The van der Waals surface area contributed by atoms with Gasteiger partial charge in [0, 0.05) is 9.82 Å². The Morgan fingerprint density at radius 3 is 1.43 bits per heavy atom. The van der Waals surface area contributed by atoms with Gasteiger partial charge in [-0.05, 0) is 59.0 Å². The summed E-state index contributed by atoms with van der Waals surface area (Å²) in [5.41, 5.74) is 23.2. The third-order valence-electron chi connectivity index (χ3n) is 12.7. The lowest BCUT2D eigenvalue weighted by atomic mass is 9.85. The van der Waals surface area contributed by atoms with E-state index in [9.17, 15) is 15.9 Å². The minimum atomic E-state index is -1.50. The molecular formula is C51H62N6O11. The molecule has 4 aromatic carbocycles. The Morgan fingerprint density at radius 2 is 0.956 bits per heavy atom. The fourth-order valence-electron chi connectivity index (χ4n) is 9.22. The maximum atomic E-state index is 14.2. The van der Waals surface area contributed by atoms with Gasteiger partial charge in [-0.3, -0.25) is 0 Å². The Kier molecular flexibility index (Phi) is 18.8. The second-order valence-electron chi connectivity index (χ2n) is 17.2. The number of carbonyl (C=O) groups is 1. The van der Waals surface area contributed by atoms with E-state index in [1.807, 2.05) is 149 Å². The highest BCUT2D eigenvalue weighted by Gasteiger charge is 2.57. The van der Waals surface area contributed by atoms with Gasteiger partial charge in [0.25, 0.3) is 0 Å². The first-order chi connectivity index (χ1) is 33.3. The van der Waals surface area contributed by atoms with Crippen LogP contribution in [0, 0.1) is 5.92 Å². The van der Waals surface area contributed by atoms with Gasteiger partial charge in [0.1, 0.15) is 36.6 Å². The normalized spacial score (nSPS) is 31.5. The molecule has 0 N–H and O–H groups in total. The van der Waals surface area contributed by atoms with Crippen LogP contribution in [0.5, 0.6) is 0 Å². The van der Waals surface area contributed by atoms with Gasteiger partial charge in [0.15, 0.2) is 18.7 Å². The number of carbonyl (C=O) groups excluding carboxylic acids is 1. The van der Waals surface area contributed by atoms with Gasteiger partial charge in [0.05, 0.1) is 64.0 Å². The summed E-state index contributed by atoms with van der Waals surface area (Å²) in [6.45, 7) is 8.30. The van der Waals surface area contributed by atoms with Crippen LogP contribution in [0.1, 0.15) is 62.8 Å². The molecule has 7 rings (SSSR count). The summed E-state index contributed by atoms with van der Waals surface area (Å²) >= 11 is 0. The lowest BCUT2D eigenvalue weighted by Gasteiger charge is -2.50. The number of azide groups is 2. The van der Waals surface area contributed by atoms with Gasteiger partial charge >= 0.3 is 5.97 Å². The van der Waals surface area contributed by atoms with Crippen molar-refractivity contribution in [1.82, 2.24) is 0 Å². The van der Waals surface area contributed by atoms with Crippen LogP contribution in [0.25, 0.3) is 20.9 Å². The zero-order chi connectivity index (χ0) is 47.8. The van der Waals surface area contributed by atoms with E-state index < -0.39 is 85.6 Å². The summed E-state index contributed by atoms with van der Waals surface area (Å²) < 4.78 is 66.3. The smallest absolute Gasteiger partial charge is 0.337 e. The van der Waals surface area contributed by atoms with Gasteiger partial charge in [-0.15, -0.1) is 0 Å². The Bertz CT molecular complexity index is 2240. The minimum absolute atomic E-state index is 0.0648. The molecule has 0 radical (unpaired) electrons. The minimum Gasteiger partial charge on any atom is -0.467 e. The fourth-order valence-corrected chi connectivity index (χ4v) is 9.22. The second kappa shape index (κ2) is 25.3. The van der Waals surface area contributed by atoms with Gasteiger partial charge in [-0.25, -0.2) is 4.79 Å². The fraction of sp³-hybridized carbons (Fsp3) is 0.510. The first-order valence-electron chi connectivity index (χ1n) is 23.3. The van der Waals surface area contributed by atoms with Gasteiger partial charge in [-0.1, -0.05) is 152 Å². The van der Waals surface area contributed by atoms with Crippen molar-refractivity contribution in [1.29, 1.82) is 0 Å². The highest BCUT2D eigenvalue weighted by Crippen LogP contribution is 2.40. The monoisotopic (exact) mass is 934 g/mol. The number of methoxy groups -OCH3 is 1. The average Bonchev–Trinajstić information content (AvgIpc) is 3.38. The molecule has 362 valence electrons. The van der Waals surface area contributed by atoms with Crippen molar-refractivity contribution in [2.24, 2.45) is 16.1 Å². The number of benzene rings is 4. The summed E-state index contributed by atoms with van der Waals surface area (Å²) in [6.07, 6.45) is -10.4. The van der Waals surface area contributed by atoms with E-state index in [0.717, 1.165) is 22.3 Å². The van der Waals surface area contributed by atoms with E-state index in [-0.39, 0.29) is 38.4 Å². The zero-order valence-corrected chi connectivity index (χ0v) is 39.1. The predicted molar refractivity (Wildman–Crippen MR) is 249 cm³/mol. The molecule has 0 amide bonds. The molecule has 3 heterocycles. The highest BCUT2D eigenvalue weighted by molar-refractivity contribution is 5.75. The largest absolute Gasteiger partial charge is 0.467 e. The van der Waals surface area contributed by atoms with Crippen LogP contribution in [0.15, 0.2) is 132 Å². The molecule has 3 fully saturated rings. The summed E-state index contributed by atoms with van der Waals surface area (Å²) in [5.74, 6) is -1.13. The summed E-state index contributed by atoms with van der Waals surface area (Å²) in [5, 5.41) is 8.36. The molecule has 3 saturated heterocycles. The first-order valence-corrected chi connectivity index (χ1v) is 23.3. The molecule has 6 unspecified atom stereocenters. The molecule has 15 atom stereocenters. The van der Waals surface area contributed by atoms with Crippen molar-refractivity contribution in [3.05, 3.63) is 164 Å². The number of ether oxygens (including phenoxy) is 10. The maximum Gasteiger partial charge on any atom is 0.337 e. The van der Waals surface area contributed by atoms with Crippen LogP contribution in [-0.2, 0) is 78.6 Å². The predicted octanol–water partition coefficient (Wildman–Crippen LogP) is 9.32. The van der Waals surface area contributed by atoms with Gasteiger partial charge in [0.2, 0.25) is 0 Å². The van der Waals surface area contributed by atoms with Crippen molar-refractivity contribution < 1.29 is 52.2 Å². The molecule has 17 heteroatoms. The van der Waals surface area contributed by atoms with E-state index in [2.05, 4.69) is 20.1 Å². The maximum absolute atomic E-state index is 14.2. The molecule has 3 aliphatic heterocycles. The lowest BCUT2D eigenvalue weighted by molar-refractivity contribution is -0.364. The molecule has 0 spiro atoms. The number of hydrogen-bond donors (Lipinski definition) is 0. The quantitative estimate of drug-likeness (QED) is 0.0333. The number of nitrogens with zero attached hydrogens (tertiary/aromatic N) is 6. The molecule has 0 saturated carbocycles. The van der Waals surface area contributed by atoms with E-state index >= 15 is 0 Å². The van der Waals surface area contributed by atoms with Crippen molar-refractivity contribution in [3.8, 4) is 0 Å². The average molecular weight is 935 g/mol. The molecule has 17 nitrogen and oxygen atoms in total. The zero-order valence-electron chi connectivity index (χ0n) is 39.1. The van der Waals surface area contributed by atoms with Gasteiger partial charge < -0.3 is 47.4 Å². The molecule has 0 aromatic heterocycles. The summed E-state index contributed by atoms with van der Waals surface area (Å²) in [6, 6.07) is 36.8. The molecule has 68 heavy (non-hydrogen) atoms. The molecular weight excluding hydrogens is 873 g/mol. The van der Waals surface area contributed by atoms with Crippen molar-refractivity contribution in [3.63, 3.8) is 0 Å². The third-order valence-corrected chi connectivity index (χ3v) is 12.7. The first kappa shape index (κ1) is 50.5. The highest BCUT2D eigenvalue weighted by atomic mass is 16.8.